The van der Waals surface area contributed by atoms with Gasteiger partial charge >= 0.3 is 0 Å². The van der Waals surface area contributed by atoms with Gasteiger partial charge in [-0.05, 0) is 47.5 Å². The quantitative estimate of drug-likeness (QED) is 0.452. The predicted molar refractivity (Wildman–Crippen MR) is 110 cm³/mol. The minimum absolute atomic E-state index is 0.196. The van der Waals surface area contributed by atoms with Crippen LogP contribution in [-0.4, -0.2) is 19.5 Å². The first-order valence-corrected chi connectivity index (χ1v) is 9.22. The highest BCUT2D eigenvalue weighted by Gasteiger charge is 2.15. The Morgan fingerprint density at radius 1 is 0.867 bits per heavy atom. The molecule has 0 N–H and O–H groups in total. The van der Waals surface area contributed by atoms with E-state index in [9.17, 15) is 13.6 Å². The van der Waals surface area contributed by atoms with Crippen molar-refractivity contribution in [3.63, 3.8) is 0 Å². The SMILES string of the molecule is O=c1c2ccncc2ncn1Cc1c(F)cc(-c2ccc3ncccc3c2)cc1F. The molecule has 0 atom stereocenters. The molecular formula is C23H14F2N4O. The Morgan fingerprint density at radius 3 is 2.53 bits per heavy atom. The highest BCUT2D eigenvalue weighted by molar-refractivity contribution is 5.84. The summed E-state index contributed by atoms with van der Waals surface area (Å²) in [6.45, 7) is -0.260. The number of hydrogen-bond acceptors (Lipinski definition) is 4. The Labute approximate surface area is 169 Å². The van der Waals surface area contributed by atoms with Crippen LogP contribution in [0, 0.1) is 11.6 Å². The van der Waals surface area contributed by atoms with E-state index >= 15 is 0 Å². The first-order valence-electron chi connectivity index (χ1n) is 9.22. The number of benzene rings is 2. The average Bonchev–Trinajstić information content (AvgIpc) is 2.77. The molecule has 5 rings (SSSR count). The smallest absolute Gasteiger partial charge is 0.261 e. The van der Waals surface area contributed by atoms with Crippen molar-refractivity contribution >= 4 is 21.8 Å². The number of fused-ring (bicyclic) bond motifs is 2. The summed E-state index contributed by atoms with van der Waals surface area (Å²) in [5.41, 5.74) is 1.75. The van der Waals surface area contributed by atoms with Crippen LogP contribution in [0.2, 0.25) is 0 Å². The number of pyridine rings is 2. The van der Waals surface area contributed by atoms with E-state index in [4.69, 9.17) is 0 Å². The van der Waals surface area contributed by atoms with Crippen molar-refractivity contribution < 1.29 is 8.78 Å². The number of nitrogens with zero attached hydrogens (tertiary/aromatic N) is 4. The summed E-state index contributed by atoms with van der Waals surface area (Å²) in [5, 5.41) is 1.22. The number of halogens is 2. The summed E-state index contributed by atoms with van der Waals surface area (Å²) in [6, 6.07) is 13.2. The second kappa shape index (κ2) is 7.11. The molecule has 30 heavy (non-hydrogen) atoms. The van der Waals surface area contributed by atoms with E-state index in [1.165, 1.54) is 41.5 Å². The van der Waals surface area contributed by atoms with Crippen LogP contribution in [-0.2, 0) is 6.54 Å². The summed E-state index contributed by atoms with van der Waals surface area (Å²) in [4.78, 5) is 24.9. The topological polar surface area (TPSA) is 60.7 Å². The van der Waals surface area contributed by atoms with Crippen molar-refractivity contribution in [3.05, 3.63) is 101 Å². The maximum absolute atomic E-state index is 14.8. The lowest BCUT2D eigenvalue weighted by Gasteiger charge is -2.11. The summed E-state index contributed by atoms with van der Waals surface area (Å²) < 4.78 is 30.9. The third-order valence-electron chi connectivity index (χ3n) is 5.03. The Balaban J connectivity index is 1.54. The van der Waals surface area contributed by atoms with Crippen LogP contribution in [0.5, 0.6) is 0 Å². The maximum Gasteiger partial charge on any atom is 0.261 e. The van der Waals surface area contributed by atoms with Gasteiger partial charge in [0.1, 0.15) is 11.6 Å². The molecule has 0 aliphatic carbocycles. The van der Waals surface area contributed by atoms with Gasteiger partial charge in [-0.3, -0.25) is 19.3 Å². The predicted octanol–water partition coefficient (Wildman–Crippen LogP) is 4.33. The van der Waals surface area contributed by atoms with Crippen LogP contribution in [0.3, 0.4) is 0 Å². The van der Waals surface area contributed by atoms with Crippen LogP contribution in [0.4, 0.5) is 8.78 Å². The summed E-state index contributed by atoms with van der Waals surface area (Å²) in [7, 11) is 0. The number of rotatable bonds is 3. The maximum atomic E-state index is 14.8. The molecule has 0 aliphatic rings. The standard InChI is InChI=1S/C23H14F2N4O/c24-19-9-16(14-3-4-21-15(8-14)2-1-6-27-21)10-20(25)18(19)12-29-13-28-22-11-26-7-5-17(22)23(29)30/h1-11,13H,12H2. The van der Waals surface area contributed by atoms with Crippen LogP contribution in [0.25, 0.3) is 32.9 Å². The van der Waals surface area contributed by atoms with Crippen LogP contribution in [0.15, 0.2) is 78.2 Å². The Kier molecular flexibility index (Phi) is 4.28. The molecular weight excluding hydrogens is 386 g/mol. The van der Waals surface area contributed by atoms with Gasteiger partial charge in [0.05, 0.1) is 35.5 Å². The average molecular weight is 400 g/mol. The van der Waals surface area contributed by atoms with E-state index in [0.717, 1.165) is 10.9 Å². The third-order valence-corrected chi connectivity index (χ3v) is 5.03. The molecule has 0 spiro atoms. The first kappa shape index (κ1) is 18.1. The van der Waals surface area contributed by atoms with E-state index < -0.39 is 11.6 Å². The highest BCUT2D eigenvalue weighted by Crippen LogP contribution is 2.27. The van der Waals surface area contributed by atoms with E-state index in [1.807, 2.05) is 24.3 Å². The van der Waals surface area contributed by atoms with Crippen LogP contribution < -0.4 is 5.56 Å². The molecule has 5 nitrogen and oxygen atoms in total. The molecule has 7 heteroatoms. The van der Waals surface area contributed by atoms with Gasteiger partial charge in [0.15, 0.2) is 0 Å². The van der Waals surface area contributed by atoms with E-state index in [-0.39, 0.29) is 17.7 Å². The molecule has 3 aromatic heterocycles. The highest BCUT2D eigenvalue weighted by atomic mass is 19.1. The van der Waals surface area contributed by atoms with Crippen molar-refractivity contribution in [2.75, 3.05) is 0 Å². The second-order valence-electron chi connectivity index (χ2n) is 6.90. The summed E-state index contributed by atoms with van der Waals surface area (Å²) in [6.07, 6.45) is 5.91. The van der Waals surface area contributed by atoms with E-state index in [0.29, 0.717) is 22.0 Å². The van der Waals surface area contributed by atoms with E-state index in [2.05, 4.69) is 15.0 Å². The largest absolute Gasteiger partial charge is 0.294 e. The van der Waals surface area contributed by atoms with Crippen molar-refractivity contribution in [1.29, 1.82) is 0 Å². The van der Waals surface area contributed by atoms with Gasteiger partial charge in [-0.25, -0.2) is 13.8 Å². The molecule has 2 aromatic carbocycles. The molecule has 0 saturated carbocycles. The van der Waals surface area contributed by atoms with Crippen LogP contribution >= 0.6 is 0 Å². The fourth-order valence-electron chi connectivity index (χ4n) is 3.47. The van der Waals surface area contributed by atoms with Gasteiger partial charge < -0.3 is 0 Å². The lowest BCUT2D eigenvalue weighted by Crippen LogP contribution is -2.22. The van der Waals surface area contributed by atoms with Crippen molar-refractivity contribution in [2.45, 2.75) is 6.54 Å². The lowest BCUT2D eigenvalue weighted by molar-refractivity contribution is 0.541. The molecule has 0 unspecified atom stereocenters. The minimum Gasteiger partial charge on any atom is -0.294 e. The number of hydrogen-bond donors (Lipinski definition) is 0. The van der Waals surface area contributed by atoms with Gasteiger partial charge in [0.2, 0.25) is 0 Å². The van der Waals surface area contributed by atoms with Crippen LogP contribution in [0.1, 0.15) is 5.56 Å². The number of aromatic nitrogens is 4. The summed E-state index contributed by atoms with van der Waals surface area (Å²) >= 11 is 0. The molecule has 146 valence electrons. The van der Waals surface area contributed by atoms with Gasteiger partial charge in [-0.15, -0.1) is 0 Å². The first-order chi connectivity index (χ1) is 14.6. The normalized spacial score (nSPS) is 11.3. The monoisotopic (exact) mass is 400 g/mol. The molecule has 0 fully saturated rings. The Morgan fingerprint density at radius 2 is 1.70 bits per heavy atom. The minimum atomic E-state index is -0.724. The fourth-order valence-corrected chi connectivity index (χ4v) is 3.47. The molecule has 0 radical (unpaired) electrons. The Hall–Kier alpha value is -4.00. The van der Waals surface area contributed by atoms with Gasteiger partial charge in [0, 0.05) is 23.3 Å². The van der Waals surface area contributed by atoms with E-state index in [1.54, 1.807) is 12.3 Å². The van der Waals surface area contributed by atoms with Gasteiger partial charge in [-0.2, -0.15) is 0 Å². The zero-order valence-electron chi connectivity index (χ0n) is 15.6. The lowest BCUT2D eigenvalue weighted by atomic mass is 10.0. The molecule has 3 heterocycles. The molecule has 5 aromatic rings. The second-order valence-corrected chi connectivity index (χ2v) is 6.90. The Bertz CT molecular complexity index is 1460. The fraction of sp³-hybridized carbons (Fsp3) is 0.0435. The van der Waals surface area contributed by atoms with Crippen molar-refractivity contribution in [1.82, 2.24) is 19.5 Å². The zero-order valence-corrected chi connectivity index (χ0v) is 15.6. The third kappa shape index (κ3) is 3.10. The molecule has 0 aliphatic heterocycles. The van der Waals surface area contributed by atoms with Crippen molar-refractivity contribution in [2.24, 2.45) is 0 Å². The zero-order chi connectivity index (χ0) is 20.7. The molecule has 0 saturated heterocycles. The molecule has 0 bridgehead atoms. The van der Waals surface area contributed by atoms with Gasteiger partial charge in [0.25, 0.3) is 5.56 Å². The summed E-state index contributed by atoms with van der Waals surface area (Å²) in [5.74, 6) is -1.45. The van der Waals surface area contributed by atoms with Crippen molar-refractivity contribution in [3.8, 4) is 11.1 Å². The molecule has 0 amide bonds. The van der Waals surface area contributed by atoms with Gasteiger partial charge in [-0.1, -0.05) is 12.1 Å².